The summed E-state index contributed by atoms with van der Waals surface area (Å²) in [6.07, 6.45) is 6.16. The Kier molecular flexibility index (Phi) is 7.78. The predicted octanol–water partition coefficient (Wildman–Crippen LogP) is 6.89. The molecule has 0 saturated carbocycles. The SMILES string of the molecule is Cc1cc(C)c2sc(N(CCCn3ccnc3)C(=O)c3c(-c4ccccc4Cl)noc3C)nc2c1.Cl. The van der Waals surface area contributed by atoms with Crippen LogP contribution in [0, 0.1) is 20.8 Å². The minimum Gasteiger partial charge on any atom is -0.360 e. The van der Waals surface area contributed by atoms with Gasteiger partial charge in [-0.25, -0.2) is 9.97 Å². The highest BCUT2D eigenvalue weighted by Gasteiger charge is 2.29. The first-order chi connectivity index (χ1) is 16.9. The standard InChI is InChI=1S/C26H24ClN5O2S.ClH/c1-16-13-17(2)24-21(14-16)29-26(35-24)32(11-6-10-31-12-9-28-15-31)25(33)22-18(3)34-30-23(22)19-7-4-5-8-20(19)27;/h4-5,7-9,12-15H,6,10-11H2,1-3H3;1H. The van der Waals surface area contributed by atoms with Gasteiger partial charge in [-0.15, -0.1) is 12.4 Å². The van der Waals surface area contributed by atoms with Crippen LogP contribution in [0.5, 0.6) is 0 Å². The molecule has 2 aromatic carbocycles. The van der Waals surface area contributed by atoms with Crippen molar-refractivity contribution in [2.24, 2.45) is 0 Å². The second kappa shape index (κ2) is 10.8. The summed E-state index contributed by atoms with van der Waals surface area (Å²) in [4.78, 5) is 24.8. The quantitative estimate of drug-likeness (QED) is 0.224. The zero-order valence-corrected chi connectivity index (χ0v) is 22.5. The Balaban J connectivity index is 0.00000304. The largest absolute Gasteiger partial charge is 0.360 e. The number of benzene rings is 2. The third-order valence-electron chi connectivity index (χ3n) is 5.85. The number of aryl methyl sites for hydroxylation is 4. The van der Waals surface area contributed by atoms with Crippen LogP contribution in [-0.4, -0.2) is 32.1 Å². The summed E-state index contributed by atoms with van der Waals surface area (Å²) >= 11 is 7.96. The predicted molar refractivity (Wildman–Crippen MR) is 147 cm³/mol. The number of nitrogens with zero attached hydrogens (tertiary/aromatic N) is 5. The number of halogens is 2. The lowest BCUT2D eigenvalue weighted by molar-refractivity contribution is 0.0985. The summed E-state index contributed by atoms with van der Waals surface area (Å²) in [5.74, 6) is 0.232. The lowest BCUT2D eigenvalue weighted by Gasteiger charge is -2.20. The van der Waals surface area contributed by atoms with Crippen LogP contribution in [0.25, 0.3) is 21.5 Å². The first-order valence-electron chi connectivity index (χ1n) is 11.3. The molecule has 10 heteroatoms. The van der Waals surface area contributed by atoms with E-state index in [1.165, 1.54) is 11.3 Å². The molecule has 186 valence electrons. The van der Waals surface area contributed by atoms with Gasteiger partial charge in [0, 0.05) is 31.0 Å². The number of carbonyl (C=O) groups is 1. The zero-order valence-electron chi connectivity index (χ0n) is 20.1. The molecular formula is C26H25Cl2N5O2S. The highest BCUT2D eigenvalue weighted by atomic mass is 35.5. The Morgan fingerprint density at radius 1 is 1.19 bits per heavy atom. The normalized spacial score (nSPS) is 11.0. The fourth-order valence-corrected chi connectivity index (χ4v) is 5.46. The molecule has 0 aliphatic heterocycles. The highest BCUT2D eigenvalue weighted by molar-refractivity contribution is 7.22. The Morgan fingerprint density at radius 3 is 2.75 bits per heavy atom. The van der Waals surface area contributed by atoms with Gasteiger partial charge in [0.1, 0.15) is 17.0 Å². The molecule has 0 aliphatic carbocycles. The lowest BCUT2D eigenvalue weighted by Crippen LogP contribution is -2.33. The zero-order chi connectivity index (χ0) is 24.5. The number of aromatic nitrogens is 4. The molecule has 0 unspecified atom stereocenters. The van der Waals surface area contributed by atoms with Gasteiger partial charge in [-0.2, -0.15) is 0 Å². The Labute approximate surface area is 224 Å². The van der Waals surface area contributed by atoms with Gasteiger partial charge < -0.3 is 9.09 Å². The van der Waals surface area contributed by atoms with Crippen LogP contribution in [0.2, 0.25) is 5.02 Å². The van der Waals surface area contributed by atoms with E-state index in [-0.39, 0.29) is 18.3 Å². The summed E-state index contributed by atoms with van der Waals surface area (Å²) in [6.45, 7) is 7.07. The van der Waals surface area contributed by atoms with Crippen LogP contribution in [-0.2, 0) is 6.54 Å². The maximum atomic E-state index is 14.1. The van der Waals surface area contributed by atoms with Crippen molar-refractivity contribution in [3.63, 3.8) is 0 Å². The van der Waals surface area contributed by atoms with E-state index in [4.69, 9.17) is 21.1 Å². The maximum absolute atomic E-state index is 14.1. The van der Waals surface area contributed by atoms with Crippen LogP contribution < -0.4 is 4.90 Å². The van der Waals surface area contributed by atoms with Crippen molar-refractivity contribution in [1.82, 2.24) is 19.7 Å². The second-order valence-corrected chi connectivity index (χ2v) is 9.86. The van der Waals surface area contributed by atoms with E-state index < -0.39 is 0 Å². The van der Waals surface area contributed by atoms with E-state index in [1.54, 1.807) is 30.4 Å². The van der Waals surface area contributed by atoms with Crippen molar-refractivity contribution in [1.29, 1.82) is 0 Å². The molecule has 36 heavy (non-hydrogen) atoms. The van der Waals surface area contributed by atoms with E-state index in [1.807, 2.05) is 29.0 Å². The molecule has 7 nitrogen and oxygen atoms in total. The van der Waals surface area contributed by atoms with Gasteiger partial charge in [0.05, 0.1) is 21.6 Å². The van der Waals surface area contributed by atoms with Gasteiger partial charge in [0.25, 0.3) is 5.91 Å². The Bertz CT molecular complexity index is 1510. The molecule has 5 aromatic rings. The van der Waals surface area contributed by atoms with Gasteiger partial charge in [0.2, 0.25) is 0 Å². The van der Waals surface area contributed by atoms with E-state index in [0.29, 0.717) is 39.3 Å². The maximum Gasteiger partial charge on any atom is 0.265 e. The number of rotatable bonds is 7. The van der Waals surface area contributed by atoms with Crippen molar-refractivity contribution in [3.05, 3.63) is 82.6 Å². The van der Waals surface area contributed by atoms with E-state index in [2.05, 4.69) is 36.1 Å². The molecule has 3 aromatic heterocycles. The van der Waals surface area contributed by atoms with Crippen LogP contribution >= 0.6 is 35.3 Å². The molecular weight excluding hydrogens is 517 g/mol. The van der Waals surface area contributed by atoms with Crippen molar-refractivity contribution < 1.29 is 9.32 Å². The highest BCUT2D eigenvalue weighted by Crippen LogP contribution is 2.36. The fraction of sp³-hybridized carbons (Fsp3) is 0.231. The van der Waals surface area contributed by atoms with Crippen molar-refractivity contribution >= 4 is 56.6 Å². The van der Waals surface area contributed by atoms with Gasteiger partial charge in [0.15, 0.2) is 5.13 Å². The van der Waals surface area contributed by atoms with Crippen molar-refractivity contribution in [2.45, 2.75) is 33.7 Å². The van der Waals surface area contributed by atoms with Gasteiger partial charge in [-0.3, -0.25) is 9.69 Å². The summed E-state index contributed by atoms with van der Waals surface area (Å²) in [7, 11) is 0. The third-order valence-corrected chi connectivity index (χ3v) is 7.41. The fourth-order valence-electron chi connectivity index (χ4n) is 4.19. The molecule has 0 aliphatic rings. The number of carbonyl (C=O) groups excluding carboxylic acids is 1. The molecule has 0 fully saturated rings. The van der Waals surface area contributed by atoms with E-state index >= 15 is 0 Å². The van der Waals surface area contributed by atoms with Crippen molar-refractivity contribution in [3.8, 4) is 11.3 Å². The summed E-state index contributed by atoms with van der Waals surface area (Å²) in [5, 5.41) is 5.35. The van der Waals surface area contributed by atoms with Crippen LogP contribution in [0.15, 0.2) is 59.6 Å². The molecule has 0 spiro atoms. The van der Waals surface area contributed by atoms with E-state index in [9.17, 15) is 4.79 Å². The molecule has 5 rings (SSSR count). The minimum absolute atomic E-state index is 0. The average Bonchev–Trinajstić information content (AvgIpc) is 3.57. The molecule has 0 bridgehead atoms. The summed E-state index contributed by atoms with van der Waals surface area (Å²) in [6, 6.07) is 11.5. The number of anilines is 1. The lowest BCUT2D eigenvalue weighted by atomic mass is 10.1. The molecule has 0 N–H and O–H groups in total. The van der Waals surface area contributed by atoms with Crippen LogP contribution in [0.4, 0.5) is 5.13 Å². The molecule has 0 atom stereocenters. The number of amides is 1. The average molecular weight is 542 g/mol. The number of hydrogen-bond donors (Lipinski definition) is 0. The molecule has 1 amide bonds. The van der Waals surface area contributed by atoms with Crippen molar-refractivity contribution in [2.75, 3.05) is 11.4 Å². The monoisotopic (exact) mass is 541 g/mol. The topological polar surface area (TPSA) is 77.0 Å². The second-order valence-electron chi connectivity index (χ2n) is 8.48. The Morgan fingerprint density at radius 2 is 2.00 bits per heavy atom. The number of thiazole rings is 1. The van der Waals surface area contributed by atoms with Crippen LogP contribution in [0.1, 0.15) is 33.7 Å². The van der Waals surface area contributed by atoms with Gasteiger partial charge >= 0.3 is 0 Å². The Hall–Kier alpha value is -3.20. The smallest absolute Gasteiger partial charge is 0.265 e. The number of imidazole rings is 1. The summed E-state index contributed by atoms with van der Waals surface area (Å²) < 4.78 is 8.55. The number of hydrogen-bond acceptors (Lipinski definition) is 6. The first kappa shape index (κ1) is 25.9. The first-order valence-corrected chi connectivity index (χ1v) is 12.5. The minimum atomic E-state index is -0.210. The van der Waals surface area contributed by atoms with Gasteiger partial charge in [-0.1, -0.05) is 52.4 Å². The van der Waals surface area contributed by atoms with Gasteiger partial charge in [-0.05, 0) is 50.5 Å². The van der Waals surface area contributed by atoms with Crippen LogP contribution in [0.3, 0.4) is 0 Å². The molecule has 0 radical (unpaired) electrons. The number of fused-ring (bicyclic) bond motifs is 1. The van der Waals surface area contributed by atoms with E-state index in [0.717, 1.165) is 34.3 Å². The summed E-state index contributed by atoms with van der Waals surface area (Å²) in [5.41, 5.74) is 4.67. The molecule has 0 saturated heterocycles. The molecule has 3 heterocycles. The third kappa shape index (κ3) is 5.02.